The van der Waals surface area contributed by atoms with Crippen molar-refractivity contribution in [2.75, 3.05) is 38.0 Å². The zero-order valence-electron chi connectivity index (χ0n) is 15.1. The quantitative estimate of drug-likeness (QED) is 0.567. The van der Waals surface area contributed by atoms with Gasteiger partial charge < -0.3 is 5.32 Å². The normalized spacial score (nSPS) is 15.4. The highest BCUT2D eigenvalue weighted by Crippen LogP contribution is 2.27. The van der Waals surface area contributed by atoms with E-state index < -0.39 is 4.92 Å². The summed E-state index contributed by atoms with van der Waals surface area (Å²) in [5.74, 6) is -0.298. The van der Waals surface area contributed by atoms with Crippen LogP contribution in [0.25, 0.3) is 0 Å². The minimum Gasteiger partial charge on any atom is -0.319 e. The molecule has 28 heavy (non-hydrogen) atoms. The summed E-state index contributed by atoms with van der Waals surface area (Å²) >= 11 is 11.9. The van der Waals surface area contributed by atoms with Gasteiger partial charge in [-0.3, -0.25) is 24.7 Å². The van der Waals surface area contributed by atoms with E-state index in [0.29, 0.717) is 5.02 Å². The lowest BCUT2D eigenvalue weighted by molar-refractivity contribution is -0.383. The third-order valence-corrected chi connectivity index (χ3v) is 5.03. The van der Waals surface area contributed by atoms with E-state index in [4.69, 9.17) is 23.2 Å². The average molecular weight is 423 g/mol. The SMILES string of the molecule is O=C(CN1CCN(Cc2cccc(Cl)c2)CC1)Nc1cc(Cl)ccc1[N+](=O)[O-]. The predicted molar refractivity (Wildman–Crippen MR) is 110 cm³/mol. The van der Waals surface area contributed by atoms with Crippen LogP contribution in [0.3, 0.4) is 0 Å². The molecule has 3 rings (SSSR count). The van der Waals surface area contributed by atoms with Gasteiger partial charge in [-0.05, 0) is 29.8 Å². The van der Waals surface area contributed by atoms with Gasteiger partial charge in [0.15, 0.2) is 0 Å². The standard InChI is InChI=1S/C19H20Cl2N4O3/c20-15-3-1-2-14(10-15)12-23-6-8-24(9-7-23)13-19(26)22-17-11-16(21)4-5-18(17)25(27)28/h1-5,10-11H,6-9,12-13H2,(H,22,26). The van der Waals surface area contributed by atoms with Crippen LogP contribution < -0.4 is 5.32 Å². The van der Waals surface area contributed by atoms with Crippen LogP contribution >= 0.6 is 23.2 Å². The number of halogens is 2. The summed E-state index contributed by atoms with van der Waals surface area (Å²) in [4.78, 5) is 27.2. The van der Waals surface area contributed by atoms with Crippen LogP contribution in [0.4, 0.5) is 11.4 Å². The number of carbonyl (C=O) groups excluding carboxylic acids is 1. The summed E-state index contributed by atoms with van der Waals surface area (Å²) < 4.78 is 0. The number of nitrogens with one attached hydrogen (secondary N) is 1. The molecule has 0 atom stereocenters. The Kier molecular flexibility index (Phi) is 6.85. The van der Waals surface area contributed by atoms with Crippen LogP contribution in [0, 0.1) is 10.1 Å². The number of nitro benzene ring substituents is 1. The Morgan fingerprint density at radius 2 is 1.71 bits per heavy atom. The van der Waals surface area contributed by atoms with Gasteiger partial charge in [0.25, 0.3) is 5.69 Å². The molecule has 1 N–H and O–H groups in total. The molecule has 9 heteroatoms. The summed E-state index contributed by atoms with van der Waals surface area (Å²) in [7, 11) is 0. The lowest BCUT2D eigenvalue weighted by Crippen LogP contribution is -2.48. The monoisotopic (exact) mass is 422 g/mol. The molecule has 1 aliphatic rings. The first kappa shape index (κ1) is 20.5. The molecule has 0 unspecified atom stereocenters. The van der Waals surface area contributed by atoms with E-state index in [9.17, 15) is 14.9 Å². The van der Waals surface area contributed by atoms with Gasteiger partial charge in [0, 0.05) is 48.8 Å². The highest BCUT2D eigenvalue weighted by Gasteiger charge is 2.21. The maximum absolute atomic E-state index is 12.3. The van der Waals surface area contributed by atoms with Gasteiger partial charge in [0.2, 0.25) is 5.91 Å². The number of benzene rings is 2. The number of hydrogen-bond acceptors (Lipinski definition) is 5. The van der Waals surface area contributed by atoms with Crippen LogP contribution in [0.5, 0.6) is 0 Å². The molecule has 0 spiro atoms. The molecular weight excluding hydrogens is 403 g/mol. The number of anilines is 1. The highest BCUT2D eigenvalue weighted by atomic mass is 35.5. The van der Waals surface area contributed by atoms with Crippen molar-refractivity contribution >= 4 is 40.5 Å². The molecule has 0 aliphatic carbocycles. The zero-order chi connectivity index (χ0) is 20.1. The number of hydrogen-bond donors (Lipinski definition) is 1. The molecule has 1 amide bonds. The third kappa shape index (κ3) is 5.65. The van der Waals surface area contributed by atoms with E-state index in [1.165, 1.54) is 18.2 Å². The van der Waals surface area contributed by atoms with Gasteiger partial charge in [0.05, 0.1) is 11.5 Å². The summed E-state index contributed by atoms with van der Waals surface area (Å²) in [6, 6.07) is 11.9. The number of amides is 1. The molecule has 1 fully saturated rings. The van der Waals surface area contributed by atoms with E-state index >= 15 is 0 Å². The molecule has 0 radical (unpaired) electrons. The van der Waals surface area contributed by atoms with Crippen molar-refractivity contribution in [2.24, 2.45) is 0 Å². The second kappa shape index (κ2) is 9.34. The zero-order valence-corrected chi connectivity index (χ0v) is 16.6. The molecule has 1 heterocycles. The molecule has 2 aromatic rings. The fourth-order valence-electron chi connectivity index (χ4n) is 3.16. The lowest BCUT2D eigenvalue weighted by Gasteiger charge is -2.34. The van der Waals surface area contributed by atoms with Crippen molar-refractivity contribution < 1.29 is 9.72 Å². The third-order valence-electron chi connectivity index (χ3n) is 4.56. The Labute approximate surface area is 173 Å². The van der Waals surface area contributed by atoms with Crippen LogP contribution in [-0.2, 0) is 11.3 Å². The van der Waals surface area contributed by atoms with Gasteiger partial charge >= 0.3 is 0 Å². The predicted octanol–water partition coefficient (Wildman–Crippen LogP) is 3.66. The molecule has 0 bridgehead atoms. The Morgan fingerprint density at radius 1 is 1.04 bits per heavy atom. The number of carbonyl (C=O) groups is 1. The molecule has 1 aliphatic heterocycles. The minimum absolute atomic E-state index is 0.113. The maximum atomic E-state index is 12.3. The Morgan fingerprint density at radius 3 is 2.39 bits per heavy atom. The Bertz CT molecular complexity index is 870. The van der Waals surface area contributed by atoms with E-state index in [-0.39, 0.29) is 23.8 Å². The number of nitro groups is 1. The first-order valence-electron chi connectivity index (χ1n) is 8.83. The van der Waals surface area contributed by atoms with Gasteiger partial charge in [0.1, 0.15) is 5.69 Å². The van der Waals surface area contributed by atoms with Gasteiger partial charge in [-0.15, -0.1) is 0 Å². The minimum atomic E-state index is -0.541. The average Bonchev–Trinajstić information content (AvgIpc) is 2.63. The molecule has 0 aromatic heterocycles. The number of piperazine rings is 1. The van der Waals surface area contributed by atoms with Crippen molar-refractivity contribution in [2.45, 2.75) is 6.54 Å². The van der Waals surface area contributed by atoms with Gasteiger partial charge in [-0.25, -0.2) is 0 Å². The lowest BCUT2D eigenvalue weighted by atomic mass is 10.2. The van der Waals surface area contributed by atoms with E-state index in [1.54, 1.807) is 0 Å². The second-order valence-electron chi connectivity index (χ2n) is 6.65. The van der Waals surface area contributed by atoms with Crippen molar-refractivity contribution in [1.82, 2.24) is 9.80 Å². The molecule has 2 aromatic carbocycles. The molecule has 148 valence electrons. The van der Waals surface area contributed by atoms with Crippen molar-refractivity contribution in [3.8, 4) is 0 Å². The highest BCUT2D eigenvalue weighted by molar-refractivity contribution is 6.31. The first-order valence-corrected chi connectivity index (χ1v) is 9.59. The smallest absolute Gasteiger partial charge is 0.292 e. The van der Waals surface area contributed by atoms with Gasteiger partial charge in [-0.2, -0.15) is 0 Å². The van der Waals surface area contributed by atoms with E-state index in [1.807, 2.05) is 29.2 Å². The first-order chi connectivity index (χ1) is 13.4. The van der Waals surface area contributed by atoms with Crippen LogP contribution in [0.15, 0.2) is 42.5 Å². The van der Waals surface area contributed by atoms with Crippen LogP contribution in [0.1, 0.15) is 5.56 Å². The summed E-state index contributed by atoms with van der Waals surface area (Å²) in [6.45, 7) is 4.13. The summed E-state index contributed by atoms with van der Waals surface area (Å²) in [5, 5.41) is 14.8. The molecular formula is C19H20Cl2N4O3. The summed E-state index contributed by atoms with van der Waals surface area (Å²) in [5.41, 5.74) is 1.10. The fraction of sp³-hybridized carbons (Fsp3) is 0.316. The number of nitrogens with zero attached hydrogens (tertiary/aromatic N) is 3. The fourth-order valence-corrected chi connectivity index (χ4v) is 3.54. The molecule has 7 nitrogen and oxygen atoms in total. The van der Waals surface area contributed by atoms with Crippen molar-refractivity contribution in [3.63, 3.8) is 0 Å². The summed E-state index contributed by atoms with van der Waals surface area (Å²) in [6.07, 6.45) is 0. The van der Waals surface area contributed by atoms with Gasteiger partial charge in [-0.1, -0.05) is 35.3 Å². The number of rotatable bonds is 6. The molecule has 1 saturated heterocycles. The van der Waals surface area contributed by atoms with Crippen LogP contribution in [0.2, 0.25) is 10.0 Å². The Hall–Kier alpha value is -2.19. The van der Waals surface area contributed by atoms with Crippen LogP contribution in [-0.4, -0.2) is 53.4 Å². The van der Waals surface area contributed by atoms with Crippen molar-refractivity contribution in [1.29, 1.82) is 0 Å². The second-order valence-corrected chi connectivity index (χ2v) is 7.52. The van der Waals surface area contributed by atoms with E-state index in [0.717, 1.165) is 43.3 Å². The van der Waals surface area contributed by atoms with E-state index in [2.05, 4.69) is 10.2 Å². The topological polar surface area (TPSA) is 78.7 Å². The van der Waals surface area contributed by atoms with Crippen molar-refractivity contribution in [3.05, 3.63) is 68.2 Å². The maximum Gasteiger partial charge on any atom is 0.292 e. The Balaban J connectivity index is 1.50. The largest absolute Gasteiger partial charge is 0.319 e. The molecule has 0 saturated carbocycles.